The quantitative estimate of drug-likeness (QED) is 0.911. The molecule has 0 saturated carbocycles. The number of nitrogens with one attached hydrogen (secondary N) is 2. The van der Waals surface area contributed by atoms with Crippen LogP contribution in [0.2, 0.25) is 0 Å². The number of aryl methyl sites for hydroxylation is 1. The molecule has 0 bridgehead atoms. The van der Waals surface area contributed by atoms with Crippen molar-refractivity contribution in [2.24, 2.45) is 0 Å². The number of para-hydroxylation sites is 1. The van der Waals surface area contributed by atoms with Crippen LogP contribution in [-0.4, -0.2) is 17.0 Å². The van der Waals surface area contributed by atoms with E-state index in [1.54, 1.807) is 0 Å². The van der Waals surface area contributed by atoms with Crippen LogP contribution in [0, 0.1) is 6.92 Å². The maximum absolute atomic E-state index is 4.21. The molecule has 0 fully saturated rings. The molecule has 4 nitrogen and oxygen atoms in total. The Morgan fingerprint density at radius 1 is 1.12 bits per heavy atom. The van der Waals surface area contributed by atoms with Gasteiger partial charge in [0.2, 0.25) is 0 Å². The minimum atomic E-state index is 0.749. The summed E-state index contributed by atoms with van der Waals surface area (Å²) in [4.78, 5) is 8.33. The largest absolute Gasteiger partial charge is 0.372 e. The number of benzene rings is 1. The van der Waals surface area contributed by atoms with Gasteiger partial charge in [-0.25, -0.2) is 9.97 Å². The minimum absolute atomic E-state index is 0.749. The number of hydrogen-bond acceptors (Lipinski definition) is 4. The smallest absolute Gasteiger partial charge is 0.150 e. The van der Waals surface area contributed by atoms with Crippen molar-refractivity contribution in [3.63, 3.8) is 0 Å². The summed E-state index contributed by atoms with van der Waals surface area (Å²) >= 11 is 3.47. The molecule has 2 rings (SSSR count). The van der Waals surface area contributed by atoms with E-state index in [1.165, 1.54) is 11.9 Å². The van der Waals surface area contributed by atoms with Gasteiger partial charge in [0.05, 0.1) is 0 Å². The van der Waals surface area contributed by atoms with E-state index in [2.05, 4.69) is 49.5 Å². The van der Waals surface area contributed by atoms with Crippen molar-refractivity contribution in [2.75, 3.05) is 17.7 Å². The summed E-state index contributed by atoms with van der Waals surface area (Å²) in [5, 5.41) is 6.28. The van der Waals surface area contributed by atoms with Gasteiger partial charge in [-0.15, -0.1) is 0 Å². The molecule has 0 aliphatic heterocycles. The van der Waals surface area contributed by atoms with E-state index in [1.807, 2.05) is 25.2 Å². The Morgan fingerprint density at radius 2 is 1.82 bits per heavy atom. The monoisotopic (exact) mass is 292 g/mol. The van der Waals surface area contributed by atoms with E-state index in [9.17, 15) is 0 Å². The first kappa shape index (κ1) is 11.9. The van der Waals surface area contributed by atoms with Crippen molar-refractivity contribution in [2.45, 2.75) is 6.92 Å². The lowest BCUT2D eigenvalue weighted by molar-refractivity contribution is 1.14. The molecule has 1 aromatic carbocycles. The maximum Gasteiger partial charge on any atom is 0.150 e. The molecule has 1 heterocycles. The average Bonchev–Trinajstić information content (AvgIpc) is 2.34. The van der Waals surface area contributed by atoms with Gasteiger partial charge in [-0.1, -0.05) is 18.2 Å². The summed E-state index contributed by atoms with van der Waals surface area (Å²) in [5.74, 6) is 1.51. The Morgan fingerprint density at radius 3 is 2.53 bits per heavy atom. The molecular weight excluding hydrogens is 280 g/mol. The molecule has 17 heavy (non-hydrogen) atoms. The summed E-state index contributed by atoms with van der Waals surface area (Å²) in [6, 6.07) is 8.07. The first-order valence-corrected chi connectivity index (χ1v) is 6.02. The molecule has 0 spiro atoms. The molecule has 5 heteroatoms. The molecule has 2 aromatic rings. The van der Waals surface area contributed by atoms with Gasteiger partial charge in [-0.05, 0) is 34.5 Å². The zero-order valence-corrected chi connectivity index (χ0v) is 11.2. The van der Waals surface area contributed by atoms with Crippen molar-refractivity contribution < 1.29 is 0 Å². The van der Waals surface area contributed by atoms with Gasteiger partial charge in [-0.3, -0.25) is 0 Å². The number of aromatic nitrogens is 2. The first-order valence-electron chi connectivity index (χ1n) is 5.23. The lowest BCUT2D eigenvalue weighted by atomic mass is 10.2. The second-order valence-corrected chi connectivity index (χ2v) is 4.37. The van der Waals surface area contributed by atoms with E-state index in [-0.39, 0.29) is 0 Å². The van der Waals surface area contributed by atoms with Crippen molar-refractivity contribution >= 4 is 33.3 Å². The van der Waals surface area contributed by atoms with E-state index in [0.29, 0.717) is 0 Å². The highest BCUT2D eigenvalue weighted by molar-refractivity contribution is 9.10. The zero-order valence-electron chi connectivity index (χ0n) is 9.66. The third-order valence-electron chi connectivity index (χ3n) is 2.42. The van der Waals surface area contributed by atoms with E-state index < -0.39 is 0 Å². The van der Waals surface area contributed by atoms with E-state index >= 15 is 0 Å². The maximum atomic E-state index is 4.21. The van der Waals surface area contributed by atoms with Crippen molar-refractivity contribution in [3.8, 4) is 0 Å². The molecule has 0 aliphatic rings. The standard InChI is InChI=1S/C12H13BrN4/c1-8-5-3-4-6-9(8)17-12-10(13)11(14-2)15-7-16-12/h3-7H,1-2H3,(H2,14,15,16,17). The Hall–Kier alpha value is -1.62. The predicted molar refractivity (Wildman–Crippen MR) is 73.7 cm³/mol. The summed E-state index contributed by atoms with van der Waals surface area (Å²) < 4.78 is 0.825. The molecule has 0 radical (unpaired) electrons. The number of hydrogen-bond donors (Lipinski definition) is 2. The van der Waals surface area contributed by atoms with Gasteiger partial charge < -0.3 is 10.6 Å². The Bertz CT molecular complexity index is 528. The van der Waals surface area contributed by atoms with Gasteiger partial charge in [0.1, 0.15) is 22.4 Å². The third kappa shape index (κ3) is 2.55. The van der Waals surface area contributed by atoms with Crippen LogP contribution in [0.25, 0.3) is 0 Å². The fraction of sp³-hybridized carbons (Fsp3) is 0.167. The fourth-order valence-electron chi connectivity index (χ4n) is 1.47. The van der Waals surface area contributed by atoms with Crippen LogP contribution in [-0.2, 0) is 0 Å². The van der Waals surface area contributed by atoms with Crippen molar-refractivity contribution in [1.29, 1.82) is 0 Å². The van der Waals surface area contributed by atoms with Crippen molar-refractivity contribution in [3.05, 3.63) is 40.6 Å². The highest BCUT2D eigenvalue weighted by Crippen LogP contribution is 2.29. The molecule has 0 unspecified atom stereocenters. The Kier molecular flexibility index (Phi) is 3.58. The average molecular weight is 293 g/mol. The van der Waals surface area contributed by atoms with Crippen LogP contribution in [0.5, 0.6) is 0 Å². The predicted octanol–water partition coefficient (Wildman–Crippen LogP) is 3.33. The lowest BCUT2D eigenvalue weighted by Crippen LogP contribution is -2.01. The van der Waals surface area contributed by atoms with Gasteiger partial charge in [0.25, 0.3) is 0 Å². The third-order valence-corrected chi connectivity index (χ3v) is 3.18. The summed E-state index contributed by atoms with van der Waals surface area (Å²) in [5.41, 5.74) is 2.21. The van der Waals surface area contributed by atoms with Crippen LogP contribution in [0.3, 0.4) is 0 Å². The van der Waals surface area contributed by atoms with Crippen LogP contribution in [0.15, 0.2) is 35.1 Å². The van der Waals surface area contributed by atoms with Crippen LogP contribution < -0.4 is 10.6 Å². The van der Waals surface area contributed by atoms with Crippen LogP contribution >= 0.6 is 15.9 Å². The molecule has 0 aliphatic carbocycles. The molecule has 0 saturated heterocycles. The molecule has 0 atom stereocenters. The second-order valence-electron chi connectivity index (χ2n) is 3.57. The SMILES string of the molecule is CNc1ncnc(Nc2ccccc2C)c1Br. The van der Waals surface area contributed by atoms with Gasteiger partial charge >= 0.3 is 0 Å². The van der Waals surface area contributed by atoms with Gasteiger partial charge in [-0.2, -0.15) is 0 Å². The summed E-state index contributed by atoms with van der Waals surface area (Å²) in [6.07, 6.45) is 1.52. The summed E-state index contributed by atoms with van der Waals surface area (Å²) in [6.45, 7) is 2.05. The minimum Gasteiger partial charge on any atom is -0.372 e. The molecule has 0 amide bonds. The Labute approximate surface area is 109 Å². The highest BCUT2D eigenvalue weighted by Gasteiger charge is 2.08. The summed E-state index contributed by atoms with van der Waals surface area (Å²) in [7, 11) is 1.82. The van der Waals surface area contributed by atoms with Gasteiger partial charge in [0, 0.05) is 12.7 Å². The van der Waals surface area contributed by atoms with E-state index in [0.717, 1.165) is 21.8 Å². The molecule has 2 N–H and O–H groups in total. The number of nitrogens with zero attached hydrogens (tertiary/aromatic N) is 2. The van der Waals surface area contributed by atoms with Crippen LogP contribution in [0.1, 0.15) is 5.56 Å². The normalized spacial score (nSPS) is 10.1. The van der Waals surface area contributed by atoms with Crippen LogP contribution in [0.4, 0.5) is 17.3 Å². The van der Waals surface area contributed by atoms with E-state index in [4.69, 9.17) is 0 Å². The molecule has 1 aromatic heterocycles. The number of anilines is 3. The zero-order chi connectivity index (χ0) is 12.3. The molecular formula is C12H13BrN4. The second kappa shape index (κ2) is 5.14. The fourth-order valence-corrected chi connectivity index (χ4v) is 1.97. The Balaban J connectivity index is 2.34. The number of halogens is 1. The van der Waals surface area contributed by atoms with Gasteiger partial charge in [0.15, 0.2) is 0 Å². The topological polar surface area (TPSA) is 49.8 Å². The van der Waals surface area contributed by atoms with Crippen molar-refractivity contribution in [1.82, 2.24) is 9.97 Å². The highest BCUT2D eigenvalue weighted by atomic mass is 79.9. The first-order chi connectivity index (χ1) is 8.22. The molecule has 88 valence electrons. The lowest BCUT2D eigenvalue weighted by Gasteiger charge is -2.11. The number of rotatable bonds is 3.